The van der Waals surface area contributed by atoms with Crippen molar-refractivity contribution in [2.24, 2.45) is 7.05 Å². The molecule has 1 atom stereocenters. The molecule has 0 aliphatic carbocycles. The summed E-state index contributed by atoms with van der Waals surface area (Å²) in [5, 5.41) is 13.7. The highest BCUT2D eigenvalue weighted by Gasteiger charge is 2.25. The quantitative estimate of drug-likeness (QED) is 0.469. The number of anilines is 1. The van der Waals surface area contributed by atoms with Crippen molar-refractivity contribution < 1.29 is 14.6 Å². The third-order valence-electron chi connectivity index (χ3n) is 5.70. The first-order chi connectivity index (χ1) is 15.0. The molecule has 160 valence electrons. The van der Waals surface area contributed by atoms with Crippen LogP contribution in [0.15, 0.2) is 36.7 Å². The number of pyridine rings is 1. The standard InChI is InChI=1S/C22H24N6O3/c1-23-21-18-19(27(2)12-24-18)16-9-17(25-20(16)26-21)14-5-3-4-13(8-14)11-31-22(30)28-7-6-15(29)10-28/h3-5,8-9,12,15,29H,6-7,10-11H2,1-2H3,(H2,23,25,26)/t15-/m1/s1. The number of H-pyrrole nitrogens is 1. The van der Waals surface area contributed by atoms with Crippen molar-refractivity contribution in [3.05, 3.63) is 42.2 Å². The number of imidazole rings is 1. The molecule has 1 saturated heterocycles. The zero-order chi connectivity index (χ0) is 21.5. The Morgan fingerprint density at radius 2 is 2.26 bits per heavy atom. The number of nitrogens with one attached hydrogen (secondary N) is 2. The van der Waals surface area contributed by atoms with Gasteiger partial charge in [0.05, 0.1) is 17.9 Å². The molecule has 0 bridgehead atoms. The summed E-state index contributed by atoms with van der Waals surface area (Å²) in [4.78, 5) is 26.3. The molecule has 31 heavy (non-hydrogen) atoms. The number of hydrogen-bond acceptors (Lipinski definition) is 6. The Labute approximate surface area is 178 Å². The van der Waals surface area contributed by atoms with Crippen LogP contribution in [0.4, 0.5) is 10.6 Å². The van der Waals surface area contributed by atoms with Gasteiger partial charge in [-0.05, 0) is 29.7 Å². The first-order valence-electron chi connectivity index (χ1n) is 10.2. The zero-order valence-corrected chi connectivity index (χ0v) is 17.4. The number of β-amino-alcohol motifs (C(OH)–C–C–N with tert-alkyl or cyclic N) is 1. The van der Waals surface area contributed by atoms with Gasteiger partial charge in [-0.15, -0.1) is 0 Å². The molecule has 0 radical (unpaired) electrons. The number of aromatic amines is 1. The van der Waals surface area contributed by atoms with Crippen LogP contribution in [0.5, 0.6) is 0 Å². The molecule has 3 aromatic heterocycles. The Balaban J connectivity index is 1.42. The normalized spacial score (nSPS) is 16.4. The van der Waals surface area contributed by atoms with Gasteiger partial charge in [-0.2, -0.15) is 0 Å². The molecule has 9 nitrogen and oxygen atoms in total. The molecule has 1 fully saturated rings. The molecule has 0 saturated carbocycles. The van der Waals surface area contributed by atoms with Gasteiger partial charge < -0.3 is 29.6 Å². The van der Waals surface area contributed by atoms with Gasteiger partial charge in [0, 0.05) is 38.3 Å². The third kappa shape index (κ3) is 3.46. The highest BCUT2D eigenvalue weighted by Crippen LogP contribution is 2.31. The lowest BCUT2D eigenvalue weighted by molar-refractivity contribution is 0.0972. The van der Waals surface area contributed by atoms with E-state index in [0.717, 1.165) is 44.7 Å². The third-order valence-corrected chi connectivity index (χ3v) is 5.70. The van der Waals surface area contributed by atoms with Gasteiger partial charge in [0.15, 0.2) is 5.82 Å². The van der Waals surface area contributed by atoms with E-state index in [1.54, 1.807) is 6.33 Å². The predicted molar refractivity (Wildman–Crippen MR) is 118 cm³/mol. The molecule has 1 aliphatic heterocycles. The number of amides is 1. The first-order valence-corrected chi connectivity index (χ1v) is 10.2. The summed E-state index contributed by atoms with van der Waals surface area (Å²) in [6, 6.07) is 9.94. The Kier molecular flexibility index (Phi) is 4.74. The van der Waals surface area contributed by atoms with Crippen LogP contribution >= 0.6 is 0 Å². The molecule has 0 spiro atoms. The lowest BCUT2D eigenvalue weighted by Gasteiger charge is -2.15. The molecule has 0 unspecified atom stereocenters. The molecule has 1 aromatic carbocycles. The largest absolute Gasteiger partial charge is 0.445 e. The average Bonchev–Trinajstić information content (AvgIpc) is 3.49. The number of aliphatic hydroxyl groups excluding tert-OH is 1. The summed E-state index contributed by atoms with van der Waals surface area (Å²) >= 11 is 0. The van der Waals surface area contributed by atoms with Crippen molar-refractivity contribution in [1.82, 2.24) is 24.4 Å². The highest BCUT2D eigenvalue weighted by atomic mass is 16.6. The fourth-order valence-corrected chi connectivity index (χ4v) is 4.10. The van der Waals surface area contributed by atoms with Crippen LogP contribution in [0.2, 0.25) is 0 Å². The summed E-state index contributed by atoms with van der Waals surface area (Å²) in [5.74, 6) is 0.726. The topological polar surface area (TPSA) is 108 Å². The summed E-state index contributed by atoms with van der Waals surface area (Å²) in [6.07, 6.45) is 1.53. The number of hydrogen-bond donors (Lipinski definition) is 3. The number of aliphatic hydroxyl groups is 1. The van der Waals surface area contributed by atoms with Crippen LogP contribution in [-0.4, -0.2) is 61.9 Å². The number of benzene rings is 1. The zero-order valence-electron chi connectivity index (χ0n) is 17.4. The number of ether oxygens (including phenoxy) is 1. The fraction of sp³-hybridized carbons (Fsp3) is 0.318. The number of likely N-dealkylation sites (tertiary alicyclic amines) is 1. The molecule has 1 aliphatic rings. The van der Waals surface area contributed by atoms with Crippen molar-refractivity contribution in [1.29, 1.82) is 0 Å². The highest BCUT2D eigenvalue weighted by molar-refractivity contribution is 6.07. The monoisotopic (exact) mass is 420 g/mol. The van der Waals surface area contributed by atoms with E-state index in [-0.39, 0.29) is 6.61 Å². The summed E-state index contributed by atoms with van der Waals surface area (Å²) < 4.78 is 7.43. The van der Waals surface area contributed by atoms with Gasteiger partial charge in [0.25, 0.3) is 0 Å². The van der Waals surface area contributed by atoms with Gasteiger partial charge in [-0.3, -0.25) is 0 Å². The van der Waals surface area contributed by atoms with Gasteiger partial charge in [-0.25, -0.2) is 14.8 Å². The predicted octanol–water partition coefficient (Wildman–Crippen LogP) is 2.86. The summed E-state index contributed by atoms with van der Waals surface area (Å²) in [7, 11) is 3.80. The smallest absolute Gasteiger partial charge is 0.410 e. The number of carbonyl (C=O) groups excluding carboxylic acids is 1. The van der Waals surface area contributed by atoms with Crippen molar-refractivity contribution >= 4 is 34.0 Å². The van der Waals surface area contributed by atoms with Crippen LogP contribution in [0.25, 0.3) is 33.3 Å². The van der Waals surface area contributed by atoms with E-state index < -0.39 is 12.2 Å². The van der Waals surface area contributed by atoms with E-state index in [0.29, 0.717) is 19.5 Å². The number of aromatic nitrogens is 4. The van der Waals surface area contributed by atoms with Crippen molar-refractivity contribution in [2.75, 3.05) is 25.5 Å². The second-order valence-electron chi connectivity index (χ2n) is 7.85. The summed E-state index contributed by atoms with van der Waals surface area (Å²) in [5.41, 5.74) is 5.41. The minimum atomic E-state index is -0.458. The number of aryl methyl sites for hydroxylation is 1. The van der Waals surface area contributed by atoms with Crippen molar-refractivity contribution in [3.63, 3.8) is 0 Å². The Bertz CT molecular complexity index is 1280. The maximum Gasteiger partial charge on any atom is 0.410 e. The molecular formula is C22H24N6O3. The SMILES string of the molecule is CNc1nc2[nH]c(-c3cccc(COC(=O)N4CC[C@@H](O)C4)c3)cc2c2c1ncn2C. The molecule has 9 heteroatoms. The van der Waals surface area contributed by atoms with Gasteiger partial charge >= 0.3 is 6.09 Å². The number of rotatable bonds is 4. The number of nitrogens with zero attached hydrogens (tertiary/aromatic N) is 4. The fourth-order valence-electron chi connectivity index (χ4n) is 4.10. The van der Waals surface area contributed by atoms with Gasteiger partial charge in [0.1, 0.15) is 17.8 Å². The van der Waals surface area contributed by atoms with Crippen molar-refractivity contribution in [3.8, 4) is 11.3 Å². The number of fused-ring (bicyclic) bond motifs is 3. The van der Waals surface area contributed by atoms with E-state index in [2.05, 4.69) is 26.3 Å². The van der Waals surface area contributed by atoms with Crippen molar-refractivity contribution in [2.45, 2.75) is 19.1 Å². The molecular weight excluding hydrogens is 396 g/mol. The van der Waals surface area contributed by atoms with Gasteiger partial charge in [-0.1, -0.05) is 18.2 Å². The number of carbonyl (C=O) groups is 1. The Morgan fingerprint density at radius 1 is 1.39 bits per heavy atom. The maximum absolute atomic E-state index is 12.2. The second kappa shape index (κ2) is 7.59. The molecule has 1 amide bonds. The van der Waals surface area contributed by atoms with E-state index in [1.807, 2.05) is 42.9 Å². The van der Waals surface area contributed by atoms with Crippen LogP contribution in [-0.2, 0) is 18.4 Å². The molecule has 4 heterocycles. The lowest BCUT2D eigenvalue weighted by atomic mass is 10.1. The second-order valence-corrected chi connectivity index (χ2v) is 7.85. The van der Waals surface area contributed by atoms with E-state index in [4.69, 9.17) is 4.74 Å². The molecule has 4 aromatic rings. The van der Waals surface area contributed by atoms with Crippen LogP contribution < -0.4 is 5.32 Å². The van der Waals surface area contributed by atoms with E-state index >= 15 is 0 Å². The average molecular weight is 420 g/mol. The minimum Gasteiger partial charge on any atom is -0.445 e. The minimum absolute atomic E-state index is 0.174. The van der Waals surface area contributed by atoms with Crippen LogP contribution in [0.3, 0.4) is 0 Å². The maximum atomic E-state index is 12.2. The van der Waals surface area contributed by atoms with Crippen LogP contribution in [0.1, 0.15) is 12.0 Å². The Hall–Kier alpha value is -3.59. The Morgan fingerprint density at radius 3 is 3.03 bits per heavy atom. The van der Waals surface area contributed by atoms with E-state index in [1.165, 1.54) is 4.90 Å². The molecule has 5 rings (SSSR count). The lowest BCUT2D eigenvalue weighted by Crippen LogP contribution is -2.30. The van der Waals surface area contributed by atoms with Gasteiger partial charge in [0.2, 0.25) is 0 Å². The van der Waals surface area contributed by atoms with E-state index in [9.17, 15) is 9.90 Å². The molecule has 3 N–H and O–H groups in total. The van der Waals surface area contributed by atoms with Crippen LogP contribution in [0, 0.1) is 0 Å². The first kappa shape index (κ1) is 19.4. The summed E-state index contributed by atoms with van der Waals surface area (Å²) in [6.45, 7) is 1.03.